The number of amides is 1. The van der Waals surface area contributed by atoms with E-state index in [4.69, 9.17) is 0 Å². The number of rotatable bonds is 3. The molecule has 1 aliphatic heterocycles. The molecular formula is C17H26N2O. The lowest BCUT2D eigenvalue weighted by atomic mass is 9.82. The van der Waals surface area contributed by atoms with E-state index in [0.717, 1.165) is 31.6 Å². The summed E-state index contributed by atoms with van der Waals surface area (Å²) in [7, 11) is 0. The molecule has 0 spiro atoms. The topological polar surface area (TPSA) is 41.1 Å². The first kappa shape index (κ1) is 15.0. The number of carbonyl (C=O) groups is 1. The molecule has 3 nitrogen and oxygen atoms in total. The molecule has 0 saturated carbocycles. The van der Waals surface area contributed by atoms with E-state index >= 15 is 0 Å². The fraction of sp³-hybridized carbons (Fsp3) is 0.588. The van der Waals surface area contributed by atoms with Crippen molar-refractivity contribution in [3.8, 4) is 0 Å². The summed E-state index contributed by atoms with van der Waals surface area (Å²) < 4.78 is 0. The largest absolute Gasteiger partial charge is 0.352 e. The molecule has 0 bridgehead atoms. The number of nitrogens with one attached hydrogen (secondary N) is 2. The third-order valence-electron chi connectivity index (χ3n) is 4.43. The van der Waals surface area contributed by atoms with Gasteiger partial charge in [-0.05, 0) is 41.5 Å². The standard InChI is InChI=1S/C17H26N2O/c1-12(17(2,3)4)10-19-16(20)15-7-5-6-13-11-18-9-8-14(13)15/h5-7,12,18H,8-11H2,1-4H3,(H,19,20). The van der Waals surface area contributed by atoms with Gasteiger partial charge in [-0.25, -0.2) is 0 Å². The summed E-state index contributed by atoms with van der Waals surface area (Å²) >= 11 is 0. The average molecular weight is 274 g/mol. The Morgan fingerprint density at radius 1 is 1.40 bits per heavy atom. The minimum absolute atomic E-state index is 0.0693. The van der Waals surface area contributed by atoms with Crippen molar-refractivity contribution in [2.45, 2.75) is 40.7 Å². The summed E-state index contributed by atoms with van der Waals surface area (Å²) in [6, 6.07) is 6.03. The fourth-order valence-corrected chi connectivity index (χ4v) is 2.39. The molecule has 2 N–H and O–H groups in total. The molecule has 2 rings (SSSR count). The van der Waals surface area contributed by atoms with E-state index < -0.39 is 0 Å². The maximum atomic E-state index is 12.4. The monoisotopic (exact) mass is 274 g/mol. The van der Waals surface area contributed by atoms with Gasteiger partial charge in [0.2, 0.25) is 0 Å². The summed E-state index contributed by atoms with van der Waals surface area (Å²) in [5.41, 5.74) is 3.54. The lowest BCUT2D eigenvalue weighted by Crippen LogP contribution is -2.35. The van der Waals surface area contributed by atoms with Gasteiger partial charge >= 0.3 is 0 Å². The van der Waals surface area contributed by atoms with Crippen LogP contribution in [0.4, 0.5) is 0 Å². The highest BCUT2D eigenvalue weighted by Crippen LogP contribution is 2.24. The van der Waals surface area contributed by atoms with Gasteiger partial charge in [0.05, 0.1) is 0 Å². The van der Waals surface area contributed by atoms with E-state index in [9.17, 15) is 4.79 Å². The van der Waals surface area contributed by atoms with Crippen LogP contribution in [0.15, 0.2) is 18.2 Å². The molecule has 1 atom stereocenters. The second-order valence-electron chi connectivity index (χ2n) is 6.85. The van der Waals surface area contributed by atoms with Crippen LogP contribution in [0.3, 0.4) is 0 Å². The highest BCUT2D eigenvalue weighted by molar-refractivity contribution is 5.96. The number of hydrogen-bond acceptors (Lipinski definition) is 2. The van der Waals surface area contributed by atoms with Crippen LogP contribution in [0.5, 0.6) is 0 Å². The fourth-order valence-electron chi connectivity index (χ4n) is 2.39. The van der Waals surface area contributed by atoms with E-state index in [2.05, 4.69) is 44.4 Å². The van der Waals surface area contributed by atoms with Gasteiger partial charge in [0.1, 0.15) is 0 Å². The zero-order valence-corrected chi connectivity index (χ0v) is 13.0. The van der Waals surface area contributed by atoms with Crippen LogP contribution in [-0.4, -0.2) is 19.0 Å². The van der Waals surface area contributed by atoms with Crippen LogP contribution in [0.25, 0.3) is 0 Å². The van der Waals surface area contributed by atoms with Gasteiger partial charge in [0.15, 0.2) is 0 Å². The van der Waals surface area contributed by atoms with Crippen LogP contribution >= 0.6 is 0 Å². The van der Waals surface area contributed by atoms with Crippen molar-refractivity contribution in [1.29, 1.82) is 0 Å². The van der Waals surface area contributed by atoms with Gasteiger partial charge in [0.25, 0.3) is 5.91 Å². The molecule has 0 fully saturated rings. The highest BCUT2D eigenvalue weighted by Gasteiger charge is 2.22. The molecule has 1 amide bonds. The summed E-state index contributed by atoms with van der Waals surface area (Å²) in [4.78, 5) is 12.4. The number of fused-ring (bicyclic) bond motifs is 1. The molecule has 1 unspecified atom stereocenters. The van der Waals surface area contributed by atoms with Crippen LogP contribution in [0.1, 0.15) is 49.2 Å². The van der Waals surface area contributed by atoms with E-state index in [1.807, 2.05) is 12.1 Å². The van der Waals surface area contributed by atoms with Gasteiger partial charge in [0, 0.05) is 18.7 Å². The minimum Gasteiger partial charge on any atom is -0.352 e. The summed E-state index contributed by atoms with van der Waals surface area (Å²) in [5, 5.41) is 6.44. The quantitative estimate of drug-likeness (QED) is 0.890. The molecule has 0 aliphatic carbocycles. The molecule has 1 aromatic carbocycles. The molecule has 1 aromatic rings. The summed E-state index contributed by atoms with van der Waals surface area (Å²) in [6.45, 7) is 11.4. The molecule has 110 valence electrons. The van der Waals surface area contributed by atoms with Crippen molar-refractivity contribution in [3.05, 3.63) is 34.9 Å². The Morgan fingerprint density at radius 2 is 2.15 bits per heavy atom. The van der Waals surface area contributed by atoms with Crippen molar-refractivity contribution in [1.82, 2.24) is 10.6 Å². The van der Waals surface area contributed by atoms with Crippen molar-refractivity contribution in [2.75, 3.05) is 13.1 Å². The van der Waals surface area contributed by atoms with Crippen LogP contribution < -0.4 is 10.6 Å². The number of hydrogen-bond donors (Lipinski definition) is 2. The average Bonchev–Trinajstić information content (AvgIpc) is 2.42. The van der Waals surface area contributed by atoms with Crippen LogP contribution in [-0.2, 0) is 13.0 Å². The Labute approximate surface area is 122 Å². The Balaban J connectivity index is 2.07. The zero-order valence-electron chi connectivity index (χ0n) is 13.0. The lowest BCUT2D eigenvalue weighted by Gasteiger charge is -2.27. The number of carbonyl (C=O) groups excluding carboxylic acids is 1. The zero-order chi connectivity index (χ0) is 14.8. The lowest BCUT2D eigenvalue weighted by molar-refractivity contribution is 0.0936. The molecule has 1 heterocycles. The normalized spacial score (nSPS) is 16.4. The Hall–Kier alpha value is -1.35. The Bertz CT molecular complexity index is 488. The Kier molecular flexibility index (Phi) is 4.48. The third-order valence-corrected chi connectivity index (χ3v) is 4.43. The second kappa shape index (κ2) is 5.96. The van der Waals surface area contributed by atoms with Gasteiger partial charge in [-0.1, -0.05) is 39.8 Å². The minimum atomic E-state index is 0.0693. The summed E-state index contributed by atoms with van der Waals surface area (Å²) in [6.07, 6.45) is 0.938. The van der Waals surface area contributed by atoms with Gasteiger partial charge in [-0.2, -0.15) is 0 Å². The van der Waals surface area contributed by atoms with E-state index in [-0.39, 0.29) is 11.3 Å². The highest BCUT2D eigenvalue weighted by atomic mass is 16.1. The molecule has 0 radical (unpaired) electrons. The van der Waals surface area contributed by atoms with Gasteiger partial charge < -0.3 is 10.6 Å². The first-order chi connectivity index (χ1) is 9.39. The molecule has 3 heteroatoms. The summed E-state index contributed by atoms with van der Waals surface area (Å²) in [5.74, 6) is 0.521. The van der Waals surface area contributed by atoms with Crippen molar-refractivity contribution < 1.29 is 4.79 Å². The molecular weight excluding hydrogens is 248 g/mol. The molecule has 0 saturated heterocycles. The van der Waals surface area contributed by atoms with Crippen molar-refractivity contribution in [2.24, 2.45) is 11.3 Å². The molecule has 1 aliphatic rings. The SMILES string of the molecule is CC(CNC(=O)c1cccc2c1CCNC2)C(C)(C)C. The molecule has 0 aromatic heterocycles. The smallest absolute Gasteiger partial charge is 0.251 e. The first-order valence-corrected chi connectivity index (χ1v) is 7.49. The van der Waals surface area contributed by atoms with Gasteiger partial charge in [-0.15, -0.1) is 0 Å². The maximum Gasteiger partial charge on any atom is 0.251 e. The third kappa shape index (κ3) is 3.40. The molecule has 20 heavy (non-hydrogen) atoms. The van der Waals surface area contributed by atoms with E-state index in [1.54, 1.807) is 0 Å². The van der Waals surface area contributed by atoms with Crippen LogP contribution in [0.2, 0.25) is 0 Å². The number of benzene rings is 1. The van der Waals surface area contributed by atoms with Crippen molar-refractivity contribution in [3.63, 3.8) is 0 Å². The van der Waals surface area contributed by atoms with E-state index in [1.165, 1.54) is 11.1 Å². The Morgan fingerprint density at radius 3 is 2.85 bits per heavy atom. The van der Waals surface area contributed by atoms with Gasteiger partial charge in [-0.3, -0.25) is 4.79 Å². The second-order valence-corrected chi connectivity index (χ2v) is 6.85. The van der Waals surface area contributed by atoms with E-state index in [0.29, 0.717) is 5.92 Å². The maximum absolute atomic E-state index is 12.4. The predicted octanol–water partition coefficient (Wildman–Crippen LogP) is 2.74. The van der Waals surface area contributed by atoms with Crippen LogP contribution in [0, 0.1) is 11.3 Å². The van der Waals surface area contributed by atoms with Crippen molar-refractivity contribution >= 4 is 5.91 Å². The first-order valence-electron chi connectivity index (χ1n) is 7.49. The predicted molar refractivity (Wildman–Crippen MR) is 82.8 cm³/mol.